The fraction of sp³-hybridized carbons (Fsp3) is 0.455. The van der Waals surface area contributed by atoms with E-state index in [0.29, 0.717) is 34.0 Å². The van der Waals surface area contributed by atoms with Gasteiger partial charge in [0.25, 0.3) is 0 Å². The minimum absolute atomic E-state index is 0.0346. The van der Waals surface area contributed by atoms with Gasteiger partial charge in [-0.05, 0) is 58.2 Å². The van der Waals surface area contributed by atoms with Gasteiger partial charge in [-0.3, -0.25) is 5.10 Å². The maximum Gasteiger partial charge on any atom is 0.185 e. The number of phenolic OH excluding ortho intramolecular Hbond substituents is 1. The molecule has 0 spiro atoms. The Hall–Kier alpha value is -2.71. The standard InChI is InChI=1S/C22H28ClN7O/c1-21(2)9-14(10-22(3,4)29-21)30(5)18-12-24-20(28-26-18)15-7-6-13(8-17(15)31)16-11-25-27-19(16)23/h6-8,11-12,14,29,31H,9-10H2,1-5H3,(H,25,27). The molecule has 0 bridgehead atoms. The van der Waals surface area contributed by atoms with Gasteiger partial charge in [0.15, 0.2) is 11.6 Å². The van der Waals surface area contributed by atoms with E-state index in [1.54, 1.807) is 24.5 Å². The summed E-state index contributed by atoms with van der Waals surface area (Å²) in [6.45, 7) is 8.91. The largest absolute Gasteiger partial charge is 0.507 e. The second kappa shape index (κ2) is 7.76. The highest BCUT2D eigenvalue weighted by molar-refractivity contribution is 6.32. The minimum Gasteiger partial charge on any atom is -0.507 e. The summed E-state index contributed by atoms with van der Waals surface area (Å²) in [4.78, 5) is 6.62. The van der Waals surface area contributed by atoms with Gasteiger partial charge in [0.1, 0.15) is 10.9 Å². The lowest BCUT2D eigenvalue weighted by molar-refractivity contribution is 0.160. The molecule has 0 saturated carbocycles. The van der Waals surface area contributed by atoms with E-state index in [1.165, 1.54) is 0 Å². The molecule has 1 saturated heterocycles. The van der Waals surface area contributed by atoms with Crippen molar-refractivity contribution in [1.29, 1.82) is 0 Å². The van der Waals surface area contributed by atoms with Crippen molar-refractivity contribution < 1.29 is 5.11 Å². The van der Waals surface area contributed by atoms with Gasteiger partial charge >= 0.3 is 0 Å². The molecule has 0 aliphatic carbocycles. The molecular formula is C22H28ClN7O. The van der Waals surface area contributed by atoms with Crippen LogP contribution in [-0.4, -0.2) is 54.7 Å². The smallest absolute Gasteiger partial charge is 0.185 e. The molecule has 0 unspecified atom stereocenters. The highest BCUT2D eigenvalue weighted by atomic mass is 35.5. The van der Waals surface area contributed by atoms with Gasteiger partial charge in [0.2, 0.25) is 0 Å². The van der Waals surface area contributed by atoms with E-state index in [9.17, 15) is 5.11 Å². The van der Waals surface area contributed by atoms with Gasteiger partial charge in [-0.2, -0.15) is 5.10 Å². The lowest BCUT2D eigenvalue weighted by Gasteiger charge is -2.49. The first-order valence-electron chi connectivity index (χ1n) is 10.3. The Kier molecular flexibility index (Phi) is 5.39. The van der Waals surface area contributed by atoms with Crippen LogP contribution < -0.4 is 10.2 Å². The van der Waals surface area contributed by atoms with Crippen molar-refractivity contribution in [3.05, 3.63) is 35.7 Å². The van der Waals surface area contributed by atoms with Crippen molar-refractivity contribution >= 4 is 17.4 Å². The maximum atomic E-state index is 10.5. The molecule has 31 heavy (non-hydrogen) atoms. The second-order valence-corrected chi connectivity index (χ2v) is 9.91. The quantitative estimate of drug-likeness (QED) is 0.561. The van der Waals surface area contributed by atoms with Gasteiger partial charge in [-0.1, -0.05) is 17.7 Å². The number of nitrogens with zero attached hydrogens (tertiary/aromatic N) is 5. The monoisotopic (exact) mass is 441 g/mol. The summed E-state index contributed by atoms with van der Waals surface area (Å²) in [7, 11) is 2.04. The minimum atomic E-state index is 0.0346. The molecule has 8 nitrogen and oxygen atoms in total. The van der Waals surface area contributed by atoms with E-state index in [2.05, 4.69) is 63.3 Å². The molecule has 3 N–H and O–H groups in total. The van der Waals surface area contributed by atoms with Crippen molar-refractivity contribution in [2.45, 2.75) is 57.7 Å². The number of halogens is 1. The first-order valence-corrected chi connectivity index (χ1v) is 10.7. The molecule has 4 rings (SSSR count). The number of aromatic amines is 1. The van der Waals surface area contributed by atoms with Crippen LogP contribution in [0, 0.1) is 0 Å². The zero-order valence-corrected chi connectivity index (χ0v) is 19.2. The van der Waals surface area contributed by atoms with E-state index >= 15 is 0 Å². The average Bonchev–Trinajstić information content (AvgIpc) is 3.11. The summed E-state index contributed by atoms with van der Waals surface area (Å²) < 4.78 is 0. The molecule has 1 aliphatic rings. The molecule has 1 aliphatic heterocycles. The molecule has 3 aromatic rings. The molecule has 0 amide bonds. The zero-order valence-electron chi connectivity index (χ0n) is 18.4. The van der Waals surface area contributed by atoms with Crippen LogP contribution in [0.25, 0.3) is 22.5 Å². The van der Waals surface area contributed by atoms with E-state index < -0.39 is 0 Å². The number of hydrogen-bond acceptors (Lipinski definition) is 7. The van der Waals surface area contributed by atoms with Gasteiger partial charge in [-0.15, -0.1) is 10.2 Å². The lowest BCUT2D eigenvalue weighted by atomic mass is 9.79. The Morgan fingerprint density at radius 3 is 2.32 bits per heavy atom. The number of piperidine rings is 1. The Labute approximate surface area is 187 Å². The molecule has 3 heterocycles. The Morgan fingerprint density at radius 2 is 1.77 bits per heavy atom. The summed E-state index contributed by atoms with van der Waals surface area (Å²) >= 11 is 6.09. The van der Waals surface area contributed by atoms with E-state index in [0.717, 1.165) is 18.4 Å². The molecule has 9 heteroatoms. The molecule has 1 aromatic carbocycles. The second-order valence-electron chi connectivity index (χ2n) is 9.54. The normalized spacial score (nSPS) is 18.1. The van der Waals surface area contributed by atoms with Crippen molar-refractivity contribution in [2.75, 3.05) is 11.9 Å². The van der Waals surface area contributed by atoms with Crippen LogP contribution in [0.4, 0.5) is 5.82 Å². The van der Waals surface area contributed by atoms with Crippen molar-refractivity contribution in [3.8, 4) is 28.3 Å². The van der Waals surface area contributed by atoms with E-state index in [4.69, 9.17) is 11.6 Å². The number of anilines is 1. The van der Waals surface area contributed by atoms with Crippen LogP contribution in [0.5, 0.6) is 5.75 Å². The molecule has 0 radical (unpaired) electrons. The molecule has 1 fully saturated rings. The Bertz CT molecular complexity index is 1060. The van der Waals surface area contributed by atoms with Gasteiger partial charge in [0.05, 0.1) is 18.0 Å². The molecular weight excluding hydrogens is 414 g/mol. The van der Waals surface area contributed by atoms with Crippen LogP contribution in [0.2, 0.25) is 5.15 Å². The summed E-state index contributed by atoms with van der Waals surface area (Å²) in [5.74, 6) is 1.13. The fourth-order valence-corrected chi connectivity index (χ4v) is 4.85. The first-order chi connectivity index (χ1) is 14.5. The summed E-state index contributed by atoms with van der Waals surface area (Å²) in [5, 5.41) is 29.9. The molecule has 0 atom stereocenters. The average molecular weight is 442 g/mol. The number of H-pyrrole nitrogens is 1. The third kappa shape index (κ3) is 4.50. The molecule has 164 valence electrons. The first kappa shape index (κ1) is 21.5. The number of nitrogens with one attached hydrogen (secondary N) is 2. The highest BCUT2D eigenvalue weighted by Crippen LogP contribution is 2.35. The summed E-state index contributed by atoms with van der Waals surface area (Å²) in [6, 6.07) is 5.54. The summed E-state index contributed by atoms with van der Waals surface area (Å²) in [6.07, 6.45) is 5.32. The zero-order chi connectivity index (χ0) is 22.4. The van der Waals surface area contributed by atoms with Crippen LogP contribution in [0.15, 0.2) is 30.6 Å². The Balaban J connectivity index is 1.55. The van der Waals surface area contributed by atoms with Crippen molar-refractivity contribution in [1.82, 2.24) is 30.7 Å². The number of aromatic hydroxyl groups is 1. The van der Waals surface area contributed by atoms with Gasteiger partial charge in [0, 0.05) is 29.7 Å². The number of rotatable bonds is 4. The maximum absolute atomic E-state index is 10.5. The van der Waals surface area contributed by atoms with Crippen LogP contribution >= 0.6 is 11.6 Å². The van der Waals surface area contributed by atoms with Crippen LogP contribution in [0.1, 0.15) is 40.5 Å². The third-order valence-corrected chi connectivity index (χ3v) is 6.06. The number of benzene rings is 1. The third-order valence-electron chi connectivity index (χ3n) is 5.77. The van der Waals surface area contributed by atoms with Crippen LogP contribution in [-0.2, 0) is 0 Å². The lowest BCUT2D eigenvalue weighted by Crippen LogP contribution is -2.62. The number of phenols is 1. The summed E-state index contributed by atoms with van der Waals surface area (Å²) in [5.41, 5.74) is 2.04. The number of aromatic nitrogens is 5. The number of hydrogen-bond donors (Lipinski definition) is 3. The molecule has 2 aromatic heterocycles. The predicted octanol–water partition coefficient (Wildman–Crippen LogP) is 4.03. The van der Waals surface area contributed by atoms with Crippen molar-refractivity contribution in [3.63, 3.8) is 0 Å². The Morgan fingerprint density at radius 1 is 1.06 bits per heavy atom. The SMILES string of the molecule is CN(c1cnc(-c2ccc(-c3cn[nH]c3Cl)cc2O)nn1)C1CC(C)(C)NC(C)(C)C1. The van der Waals surface area contributed by atoms with Gasteiger partial charge < -0.3 is 15.3 Å². The topological polar surface area (TPSA) is 103 Å². The van der Waals surface area contributed by atoms with Crippen LogP contribution in [0.3, 0.4) is 0 Å². The van der Waals surface area contributed by atoms with E-state index in [-0.39, 0.29) is 16.8 Å². The predicted molar refractivity (Wildman–Crippen MR) is 122 cm³/mol. The fourth-order valence-electron chi connectivity index (χ4n) is 4.64. The highest BCUT2D eigenvalue weighted by Gasteiger charge is 2.39. The van der Waals surface area contributed by atoms with Crippen molar-refractivity contribution in [2.24, 2.45) is 0 Å². The van der Waals surface area contributed by atoms with E-state index in [1.807, 2.05) is 13.1 Å². The van der Waals surface area contributed by atoms with Gasteiger partial charge in [-0.25, -0.2) is 4.98 Å².